The summed E-state index contributed by atoms with van der Waals surface area (Å²) in [4.78, 5) is 0. The molecule has 1 saturated heterocycles. The van der Waals surface area contributed by atoms with Gasteiger partial charge in [-0.2, -0.15) is 0 Å². The largest absolute Gasteiger partial charge is 0.394 e. The van der Waals surface area contributed by atoms with Gasteiger partial charge in [-0.1, -0.05) is 20.8 Å². The highest BCUT2D eigenvalue weighted by atomic mass is 16.7. The van der Waals surface area contributed by atoms with Crippen LogP contribution in [0, 0.1) is 5.41 Å². The minimum atomic E-state index is -1.52. The molecule has 7 atom stereocenters. The topological polar surface area (TPSA) is 140 Å². The molecule has 1 aliphatic rings. The smallest absolute Gasteiger partial charge is 0.186 e. The maximum absolute atomic E-state index is 10.1. The fourth-order valence-corrected chi connectivity index (χ4v) is 2.30. The van der Waals surface area contributed by atoms with Gasteiger partial charge in [-0.05, 0) is 11.8 Å². The Morgan fingerprint density at radius 1 is 1.14 bits per heavy atom. The molecule has 0 aromatic heterocycles. The lowest BCUT2D eigenvalue weighted by molar-refractivity contribution is -0.296. The quantitative estimate of drug-likeness (QED) is 0.328. The van der Waals surface area contributed by atoms with Crippen molar-refractivity contribution in [2.75, 3.05) is 13.2 Å². The average Bonchev–Trinajstić information content (AvgIpc) is 2.41. The van der Waals surface area contributed by atoms with E-state index in [1.165, 1.54) is 0 Å². The molecule has 1 aliphatic heterocycles. The van der Waals surface area contributed by atoms with Crippen molar-refractivity contribution in [1.82, 2.24) is 0 Å². The van der Waals surface area contributed by atoms with Gasteiger partial charge < -0.3 is 40.1 Å². The first-order chi connectivity index (χ1) is 10.1. The Bertz CT molecular complexity index is 331. The summed E-state index contributed by atoms with van der Waals surface area (Å²) in [5.41, 5.74) is -0.235. The molecule has 0 saturated carbocycles. The van der Waals surface area contributed by atoms with E-state index in [0.29, 0.717) is 0 Å². The molecule has 8 heteroatoms. The maximum Gasteiger partial charge on any atom is 0.186 e. The molecule has 0 aromatic rings. The molecule has 132 valence electrons. The summed E-state index contributed by atoms with van der Waals surface area (Å²) in [5.74, 6) is 0. The minimum absolute atomic E-state index is 0.235. The Morgan fingerprint density at radius 2 is 1.73 bits per heavy atom. The molecule has 6 N–H and O–H groups in total. The number of ether oxygens (including phenoxy) is 2. The summed E-state index contributed by atoms with van der Waals surface area (Å²) < 4.78 is 10.3. The summed E-state index contributed by atoms with van der Waals surface area (Å²) in [6.07, 6.45) is -8.95. The molecule has 8 nitrogen and oxygen atoms in total. The van der Waals surface area contributed by atoms with Crippen LogP contribution in [0.1, 0.15) is 27.2 Å². The van der Waals surface area contributed by atoms with Crippen molar-refractivity contribution in [1.29, 1.82) is 0 Å². The average molecular weight is 324 g/mol. The van der Waals surface area contributed by atoms with Crippen LogP contribution in [-0.4, -0.2) is 86.8 Å². The Balaban J connectivity index is 2.64. The third-order valence-corrected chi connectivity index (χ3v) is 3.54. The second-order valence-electron chi connectivity index (χ2n) is 6.93. The molecule has 1 fully saturated rings. The minimum Gasteiger partial charge on any atom is -0.394 e. The first-order valence-electron chi connectivity index (χ1n) is 7.35. The number of aliphatic hydroxyl groups excluding tert-OH is 6. The van der Waals surface area contributed by atoms with Gasteiger partial charge in [0.05, 0.1) is 19.3 Å². The van der Waals surface area contributed by atoms with E-state index in [-0.39, 0.29) is 18.4 Å². The summed E-state index contributed by atoms with van der Waals surface area (Å²) >= 11 is 0. The van der Waals surface area contributed by atoms with Gasteiger partial charge in [0.25, 0.3) is 0 Å². The summed E-state index contributed by atoms with van der Waals surface area (Å²) in [6, 6.07) is 0. The van der Waals surface area contributed by atoms with Crippen LogP contribution in [0.15, 0.2) is 0 Å². The molecule has 0 radical (unpaired) electrons. The van der Waals surface area contributed by atoms with Gasteiger partial charge >= 0.3 is 0 Å². The van der Waals surface area contributed by atoms with Crippen molar-refractivity contribution >= 4 is 0 Å². The maximum atomic E-state index is 10.1. The number of rotatable bonds is 6. The van der Waals surface area contributed by atoms with Crippen LogP contribution in [0.4, 0.5) is 0 Å². The van der Waals surface area contributed by atoms with Gasteiger partial charge in [0, 0.05) is 0 Å². The molecule has 1 rings (SSSR count). The van der Waals surface area contributed by atoms with E-state index in [0.717, 1.165) is 0 Å². The summed E-state index contributed by atoms with van der Waals surface area (Å²) in [5, 5.41) is 58.1. The first kappa shape index (κ1) is 19.7. The highest BCUT2D eigenvalue weighted by Gasteiger charge is 2.41. The Morgan fingerprint density at radius 3 is 2.23 bits per heavy atom. The molecule has 0 spiro atoms. The van der Waals surface area contributed by atoms with Crippen molar-refractivity contribution in [3.8, 4) is 0 Å². The fraction of sp³-hybridized carbons (Fsp3) is 1.00. The molecule has 0 bridgehead atoms. The van der Waals surface area contributed by atoms with E-state index in [2.05, 4.69) is 0 Å². The molecule has 0 aromatic carbocycles. The predicted molar refractivity (Wildman–Crippen MR) is 75.8 cm³/mol. The van der Waals surface area contributed by atoms with Crippen molar-refractivity contribution in [3.05, 3.63) is 0 Å². The SMILES string of the molecule is CC(C)(C)C[C@H](O)[C@@H](O)[C@@H](CO)O[C@@H]1OC[C@@H](O)[C@H](O)[C@H]1O. The van der Waals surface area contributed by atoms with Crippen LogP contribution < -0.4 is 0 Å². The normalized spacial score (nSPS) is 34.2. The third kappa shape index (κ3) is 5.39. The molecular formula is C14H28O8. The van der Waals surface area contributed by atoms with Gasteiger partial charge in [0.15, 0.2) is 6.29 Å². The van der Waals surface area contributed by atoms with E-state index in [1.54, 1.807) is 0 Å². The molecular weight excluding hydrogens is 296 g/mol. The van der Waals surface area contributed by atoms with Gasteiger partial charge in [-0.3, -0.25) is 0 Å². The number of aliphatic hydroxyl groups is 6. The number of hydrogen-bond acceptors (Lipinski definition) is 8. The Labute approximate surface area is 129 Å². The van der Waals surface area contributed by atoms with Crippen LogP contribution in [0.2, 0.25) is 0 Å². The van der Waals surface area contributed by atoms with Gasteiger partial charge in [0.1, 0.15) is 30.5 Å². The zero-order valence-corrected chi connectivity index (χ0v) is 13.2. The van der Waals surface area contributed by atoms with Crippen molar-refractivity contribution in [2.24, 2.45) is 5.41 Å². The van der Waals surface area contributed by atoms with Crippen molar-refractivity contribution < 1.29 is 40.1 Å². The second-order valence-corrected chi connectivity index (χ2v) is 6.93. The highest BCUT2D eigenvalue weighted by Crippen LogP contribution is 2.25. The van der Waals surface area contributed by atoms with Crippen LogP contribution in [0.5, 0.6) is 0 Å². The summed E-state index contributed by atoms with van der Waals surface area (Å²) in [6.45, 7) is 4.83. The number of hydrogen-bond donors (Lipinski definition) is 6. The lowest BCUT2D eigenvalue weighted by atomic mass is 9.86. The lowest BCUT2D eigenvalue weighted by Gasteiger charge is -2.38. The van der Waals surface area contributed by atoms with Gasteiger partial charge in [-0.25, -0.2) is 0 Å². The van der Waals surface area contributed by atoms with Gasteiger partial charge in [-0.15, -0.1) is 0 Å². The lowest BCUT2D eigenvalue weighted by Crippen LogP contribution is -2.56. The predicted octanol–water partition coefficient (Wildman–Crippen LogP) is -2.04. The zero-order chi connectivity index (χ0) is 17.1. The fourth-order valence-electron chi connectivity index (χ4n) is 2.30. The molecule has 0 aliphatic carbocycles. The zero-order valence-electron chi connectivity index (χ0n) is 13.2. The van der Waals surface area contributed by atoms with E-state index in [1.807, 2.05) is 20.8 Å². The standard InChI is InChI=1S/C14H28O8/c1-14(2,3)4-7(16)10(18)9(5-15)22-13-12(20)11(19)8(17)6-21-13/h7-13,15-20H,4-6H2,1-3H3/t7-,8+,9+,10+,11-,12+,13-/m0/s1. The van der Waals surface area contributed by atoms with E-state index in [9.17, 15) is 30.6 Å². The van der Waals surface area contributed by atoms with Crippen LogP contribution >= 0.6 is 0 Å². The Kier molecular flexibility index (Phi) is 7.16. The molecule has 1 heterocycles. The third-order valence-electron chi connectivity index (χ3n) is 3.54. The monoisotopic (exact) mass is 324 g/mol. The highest BCUT2D eigenvalue weighted by molar-refractivity contribution is 4.85. The van der Waals surface area contributed by atoms with Crippen molar-refractivity contribution in [2.45, 2.75) is 70.1 Å². The second kappa shape index (κ2) is 7.98. The molecule has 0 amide bonds. The molecule has 22 heavy (non-hydrogen) atoms. The van der Waals surface area contributed by atoms with E-state index >= 15 is 0 Å². The van der Waals surface area contributed by atoms with Crippen molar-refractivity contribution in [3.63, 3.8) is 0 Å². The van der Waals surface area contributed by atoms with Crippen LogP contribution in [-0.2, 0) is 9.47 Å². The molecule has 0 unspecified atom stereocenters. The van der Waals surface area contributed by atoms with E-state index in [4.69, 9.17) is 9.47 Å². The summed E-state index contributed by atoms with van der Waals surface area (Å²) in [7, 11) is 0. The Hall–Kier alpha value is -0.320. The van der Waals surface area contributed by atoms with Gasteiger partial charge in [0.2, 0.25) is 0 Å². The van der Waals surface area contributed by atoms with Crippen LogP contribution in [0.25, 0.3) is 0 Å². The van der Waals surface area contributed by atoms with E-state index < -0.39 is 49.5 Å². The van der Waals surface area contributed by atoms with Crippen LogP contribution in [0.3, 0.4) is 0 Å². The first-order valence-corrected chi connectivity index (χ1v) is 7.35.